The molecule has 3 rings (SSSR count). The van der Waals surface area contributed by atoms with E-state index in [1.807, 2.05) is 12.1 Å². The van der Waals surface area contributed by atoms with Crippen molar-refractivity contribution in [2.75, 3.05) is 6.61 Å². The smallest absolute Gasteiger partial charge is 0.200 e. The van der Waals surface area contributed by atoms with Gasteiger partial charge < -0.3 is 4.74 Å². The summed E-state index contributed by atoms with van der Waals surface area (Å²) in [7, 11) is 0. The van der Waals surface area contributed by atoms with Gasteiger partial charge in [0.15, 0.2) is 11.6 Å². The van der Waals surface area contributed by atoms with Gasteiger partial charge in [-0.05, 0) is 92.5 Å². The molecule has 29 heavy (non-hydrogen) atoms. The fourth-order valence-electron chi connectivity index (χ4n) is 4.15. The Hall–Kier alpha value is -2.23. The van der Waals surface area contributed by atoms with E-state index in [4.69, 9.17) is 4.74 Å². The average Bonchev–Trinajstić information content (AvgIpc) is 2.73. The summed E-state index contributed by atoms with van der Waals surface area (Å²) >= 11 is 0. The standard InChI is InChI=1S/C25H29F3O/c1-3-4-15-29-23-14-13-21(24(27)25(23)28)20-11-9-18(10-12-20)7-8-19-6-5-17(2)22(26)16-19/h3,5-6,13-14,16,18,20H,1,4,7-12,15H2,2H3. The van der Waals surface area contributed by atoms with Gasteiger partial charge in [-0.3, -0.25) is 0 Å². The maximum atomic E-state index is 14.6. The first kappa shape index (κ1) is 21.5. The first-order valence-electron chi connectivity index (χ1n) is 10.5. The quantitative estimate of drug-likeness (QED) is 0.333. The Morgan fingerprint density at radius 2 is 1.79 bits per heavy atom. The van der Waals surface area contributed by atoms with Crippen LogP contribution in [0.2, 0.25) is 0 Å². The maximum Gasteiger partial charge on any atom is 0.200 e. The molecule has 0 amide bonds. The summed E-state index contributed by atoms with van der Waals surface area (Å²) in [6, 6.07) is 8.64. The highest BCUT2D eigenvalue weighted by molar-refractivity contribution is 5.33. The van der Waals surface area contributed by atoms with Gasteiger partial charge in [0.25, 0.3) is 0 Å². The van der Waals surface area contributed by atoms with Crippen molar-refractivity contribution in [1.29, 1.82) is 0 Å². The third-order valence-corrected chi connectivity index (χ3v) is 6.02. The van der Waals surface area contributed by atoms with Crippen LogP contribution in [0.25, 0.3) is 0 Å². The molecule has 0 aromatic heterocycles. The highest BCUT2D eigenvalue weighted by Crippen LogP contribution is 2.40. The van der Waals surface area contributed by atoms with Gasteiger partial charge in [0.1, 0.15) is 5.82 Å². The number of halogens is 3. The Morgan fingerprint density at radius 1 is 1.03 bits per heavy atom. The van der Waals surface area contributed by atoms with Crippen LogP contribution in [0.15, 0.2) is 43.0 Å². The van der Waals surface area contributed by atoms with Crippen molar-refractivity contribution in [3.63, 3.8) is 0 Å². The molecule has 4 heteroatoms. The maximum absolute atomic E-state index is 14.6. The summed E-state index contributed by atoms with van der Waals surface area (Å²) in [5.74, 6) is -1.27. The highest BCUT2D eigenvalue weighted by atomic mass is 19.2. The summed E-state index contributed by atoms with van der Waals surface area (Å²) in [5, 5.41) is 0. The number of rotatable bonds is 8. The van der Waals surface area contributed by atoms with Crippen LogP contribution in [0.4, 0.5) is 13.2 Å². The van der Waals surface area contributed by atoms with Gasteiger partial charge in [-0.1, -0.05) is 24.3 Å². The Balaban J connectivity index is 1.54. The molecule has 1 nitrogen and oxygen atoms in total. The molecule has 1 aliphatic rings. The van der Waals surface area contributed by atoms with Crippen LogP contribution in [-0.4, -0.2) is 6.61 Å². The monoisotopic (exact) mass is 402 g/mol. The van der Waals surface area contributed by atoms with E-state index in [0.29, 0.717) is 23.5 Å². The molecule has 0 bridgehead atoms. The van der Waals surface area contributed by atoms with Crippen LogP contribution in [0.1, 0.15) is 61.1 Å². The Morgan fingerprint density at radius 3 is 2.48 bits per heavy atom. The van der Waals surface area contributed by atoms with Gasteiger partial charge in [0.05, 0.1) is 6.61 Å². The number of ether oxygens (including phenoxy) is 1. The van der Waals surface area contributed by atoms with Crippen molar-refractivity contribution in [1.82, 2.24) is 0 Å². The lowest BCUT2D eigenvalue weighted by Crippen LogP contribution is -2.15. The van der Waals surface area contributed by atoms with Crippen LogP contribution >= 0.6 is 0 Å². The summed E-state index contributed by atoms with van der Waals surface area (Å²) in [5.41, 5.74) is 2.15. The molecule has 2 aromatic rings. The van der Waals surface area contributed by atoms with E-state index < -0.39 is 11.6 Å². The van der Waals surface area contributed by atoms with E-state index in [1.54, 1.807) is 25.1 Å². The molecule has 0 atom stereocenters. The molecule has 1 fully saturated rings. The van der Waals surface area contributed by atoms with Crippen molar-refractivity contribution >= 4 is 0 Å². The number of hydrogen-bond donors (Lipinski definition) is 0. The second-order valence-electron chi connectivity index (χ2n) is 8.05. The van der Waals surface area contributed by atoms with E-state index in [9.17, 15) is 13.2 Å². The minimum Gasteiger partial charge on any atom is -0.490 e. The van der Waals surface area contributed by atoms with Gasteiger partial charge in [-0.25, -0.2) is 8.78 Å². The number of hydrogen-bond acceptors (Lipinski definition) is 1. The van der Waals surface area contributed by atoms with E-state index in [0.717, 1.165) is 44.1 Å². The van der Waals surface area contributed by atoms with Crippen LogP contribution in [0, 0.1) is 30.3 Å². The van der Waals surface area contributed by atoms with Gasteiger partial charge >= 0.3 is 0 Å². The predicted molar refractivity (Wildman–Crippen MR) is 111 cm³/mol. The summed E-state index contributed by atoms with van der Waals surface area (Å²) < 4.78 is 47.9. The summed E-state index contributed by atoms with van der Waals surface area (Å²) in [6.45, 7) is 5.64. The van der Waals surface area contributed by atoms with E-state index in [-0.39, 0.29) is 24.1 Å². The Labute approximate surface area is 171 Å². The number of aryl methyl sites for hydroxylation is 2. The molecule has 1 saturated carbocycles. The van der Waals surface area contributed by atoms with Crippen LogP contribution in [-0.2, 0) is 6.42 Å². The molecule has 0 saturated heterocycles. The van der Waals surface area contributed by atoms with Crippen molar-refractivity contribution in [2.45, 2.75) is 57.8 Å². The summed E-state index contributed by atoms with van der Waals surface area (Å²) in [4.78, 5) is 0. The zero-order valence-electron chi connectivity index (χ0n) is 17.0. The second kappa shape index (κ2) is 10.00. The van der Waals surface area contributed by atoms with Crippen molar-refractivity contribution < 1.29 is 17.9 Å². The molecule has 156 valence electrons. The lowest BCUT2D eigenvalue weighted by Gasteiger charge is -2.29. The van der Waals surface area contributed by atoms with E-state index in [2.05, 4.69) is 6.58 Å². The van der Waals surface area contributed by atoms with Crippen molar-refractivity contribution in [2.24, 2.45) is 5.92 Å². The highest BCUT2D eigenvalue weighted by Gasteiger charge is 2.26. The summed E-state index contributed by atoms with van der Waals surface area (Å²) in [6.07, 6.45) is 7.78. The molecule has 2 aromatic carbocycles. The lowest BCUT2D eigenvalue weighted by molar-refractivity contribution is 0.291. The second-order valence-corrected chi connectivity index (χ2v) is 8.05. The number of benzene rings is 2. The third kappa shape index (κ3) is 5.43. The molecular formula is C25H29F3O. The molecule has 0 spiro atoms. The average molecular weight is 403 g/mol. The van der Waals surface area contributed by atoms with Gasteiger partial charge in [-0.15, -0.1) is 6.58 Å². The molecule has 0 N–H and O–H groups in total. The zero-order valence-corrected chi connectivity index (χ0v) is 17.0. The largest absolute Gasteiger partial charge is 0.490 e. The topological polar surface area (TPSA) is 9.23 Å². The van der Waals surface area contributed by atoms with Crippen molar-refractivity contribution in [3.05, 3.63) is 77.1 Å². The van der Waals surface area contributed by atoms with Crippen LogP contribution in [0.3, 0.4) is 0 Å². The molecule has 0 heterocycles. The SMILES string of the molecule is C=CCCOc1ccc(C2CCC(CCc3ccc(C)c(F)c3)CC2)c(F)c1F. The third-order valence-electron chi connectivity index (χ3n) is 6.02. The van der Waals surface area contributed by atoms with Gasteiger partial charge in [0.2, 0.25) is 5.82 Å². The zero-order chi connectivity index (χ0) is 20.8. The van der Waals surface area contributed by atoms with E-state index in [1.165, 1.54) is 6.07 Å². The predicted octanol–water partition coefficient (Wildman–Crippen LogP) is 7.27. The van der Waals surface area contributed by atoms with Crippen LogP contribution in [0.5, 0.6) is 5.75 Å². The molecular weight excluding hydrogens is 373 g/mol. The first-order valence-corrected chi connectivity index (χ1v) is 10.5. The van der Waals surface area contributed by atoms with Gasteiger partial charge in [0, 0.05) is 0 Å². The minimum atomic E-state index is -0.893. The normalized spacial score (nSPS) is 19.2. The molecule has 0 unspecified atom stereocenters. The fraction of sp³-hybridized carbons (Fsp3) is 0.440. The van der Waals surface area contributed by atoms with Crippen LogP contribution < -0.4 is 4.74 Å². The van der Waals surface area contributed by atoms with Crippen molar-refractivity contribution in [3.8, 4) is 5.75 Å². The van der Waals surface area contributed by atoms with E-state index >= 15 is 0 Å². The van der Waals surface area contributed by atoms with Gasteiger partial charge in [-0.2, -0.15) is 4.39 Å². The first-order chi connectivity index (χ1) is 14.0. The Bertz CT molecular complexity index is 838. The molecule has 1 aliphatic carbocycles. The molecule has 0 aliphatic heterocycles. The Kier molecular flexibility index (Phi) is 7.40. The fourth-order valence-corrected chi connectivity index (χ4v) is 4.15. The lowest BCUT2D eigenvalue weighted by atomic mass is 9.76. The minimum absolute atomic E-state index is 0.0351. The molecule has 0 radical (unpaired) electrons.